The maximum atomic E-state index is 9.06. The van der Waals surface area contributed by atoms with Gasteiger partial charge >= 0.3 is 0 Å². The van der Waals surface area contributed by atoms with E-state index in [0.29, 0.717) is 5.56 Å². The Kier molecular flexibility index (Phi) is 3.90. The first-order chi connectivity index (χ1) is 10.7. The Hall–Kier alpha value is -2.64. The highest BCUT2D eigenvalue weighted by Crippen LogP contribution is 2.19. The number of nitrogens with zero attached hydrogens (tertiary/aromatic N) is 4. The van der Waals surface area contributed by atoms with E-state index in [1.807, 2.05) is 50.5 Å². The Balaban J connectivity index is 2.06. The first-order valence-corrected chi connectivity index (χ1v) is 7.25. The predicted octanol–water partition coefficient (Wildman–Crippen LogP) is 3.02. The van der Waals surface area contributed by atoms with E-state index in [0.717, 1.165) is 35.5 Å². The van der Waals surface area contributed by atoms with Crippen LogP contribution in [0.25, 0.3) is 11.0 Å². The molecule has 0 saturated heterocycles. The third-order valence-corrected chi connectivity index (χ3v) is 3.59. The van der Waals surface area contributed by atoms with Crippen molar-refractivity contribution in [1.82, 2.24) is 14.5 Å². The lowest BCUT2D eigenvalue weighted by Gasteiger charge is -2.13. The van der Waals surface area contributed by atoms with E-state index in [4.69, 9.17) is 10.2 Å². The molecule has 0 bridgehead atoms. The average Bonchev–Trinajstić information content (AvgIpc) is 2.84. The minimum absolute atomic E-state index is 0.691. The molecule has 0 unspecified atom stereocenters. The lowest BCUT2D eigenvalue weighted by atomic mass is 10.1. The molecule has 2 aromatic carbocycles. The largest absolute Gasteiger partial charge is 0.322 e. The Bertz CT molecular complexity index is 840. The summed E-state index contributed by atoms with van der Waals surface area (Å²) in [5, 5.41) is 9.06. The number of hydrogen-bond donors (Lipinski definition) is 0. The standard InChI is InChI=1S/C18H18N4/c1-21(2)13-18-20-16-8-3-4-9-17(16)22(18)12-15-7-5-6-14(10-15)11-19/h3-10H,12-13H2,1-2H3. The smallest absolute Gasteiger partial charge is 0.124 e. The van der Waals surface area contributed by atoms with Crippen molar-refractivity contribution < 1.29 is 0 Å². The number of benzene rings is 2. The van der Waals surface area contributed by atoms with Gasteiger partial charge in [0.1, 0.15) is 5.82 Å². The summed E-state index contributed by atoms with van der Waals surface area (Å²) in [6.07, 6.45) is 0. The number of nitriles is 1. The molecule has 0 saturated carbocycles. The van der Waals surface area contributed by atoms with Crippen LogP contribution >= 0.6 is 0 Å². The monoisotopic (exact) mass is 290 g/mol. The normalized spacial score (nSPS) is 11.0. The molecule has 0 fully saturated rings. The second kappa shape index (κ2) is 6.00. The fourth-order valence-corrected chi connectivity index (χ4v) is 2.63. The average molecular weight is 290 g/mol. The third-order valence-electron chi connectivity index (χ3n) is 3.59. The molecule has 0 atom stereocenters. The zero-order valence-electron chi connectivity index (χ0n) is 12.8. The number of imidazole rings is 1. The van der Waals surface area contributed by atoms with E-state index >= 15 is 0 Å². The van der Waals surface area contributed by atoms with E-state index in [2.05, 4.69) is 27.7 Å². The summed E-state index contributed by atoms with van der Waals surface area (Å²) in [4.78, 5) is 6.86. The van der Waals surface area contributed by atoms with Crippen LogP contribution in [0.2, 0.25) is 0 Å². The van der Waals surface area contributed by atoms with E-state index in [1.165, 1.54) is 0 Å². The van der Waals surface area contributed by atoms with Gasteiger partial charge in [0.05, 0.1) is 29.2 Å². The maximum absolute atomic E-state index is 9.06. The first-order valence-electron chi connectivity index (χ1n) is 7.25. The number of aromatic nitrogens is 2. The summed E-state index contributed by atoms with van der Waals surface area (Å²) >= 11 is 0. The van der Waals surface area contributed by atoms with Crippen molar-refractivity contribution in [3.05, 3.63) is 65.5 Å². The molecule has 1 heterocycles. The van der Waals surface area contributed by atoms with E-state index in [1.54, 1.807) is 0 Å². The molecular formula is C18H18N4. The number of para-hydroxylation sites is 2. The highest BCUT2D eigenvalue weighted by molar-refractivity contribution is 5.76. The van der Waals surface area contributed by atoms with Crippen LogP contribution in [-0.2, 0) is 13.1 Å². The van der Waals surface area contributed by atoms with Crippen molar-refractivity contribution in [3.63, 3.8) is 0 Å². The van der Waals surface area contributed by atoms with E-state index < -0.39 is 0 Å². The molecule has 0 spiro atoms. The van der Waals surface area contributed by atoms with Crippen LogP contribution in [-0.4, -0.2) is 28.5 Å². The molecule has 110 valence electrons. The van der Waals surface area contributed by atoms with Gasteiger partial charge in [-0.3, -0.25) is 0 Å². The summed E-state index contributed by atoms with van der Waals surface area (Å²) in [7, 11) is 4.08. The molecule has 0 amide bonds. The van der Waals surface area contributed by atoms with Crippen molar-refractivity contribution in [2.75, 3.05) is 14.1 Å². The molecule has 3 rings (SSSR count). The zero-order chi connectivity index (χ0) is 15.5. The van der Waals surface area contributed by atoms with Crippen molar-refractivity contribution >= 4 is 11.0 Å². The Morgan fingerprint density at radius 3 is 2.73 bits per heavy atom. The molecule has 0 radical (unpaired) electrons. The van der Waals surface area contributed by atoms with Gasteiger partial charge in [0.2, 0.25) is 0 Å². The van der Waals surface area contributed by atoms with Gasteiger partial charge in [0.15, 0.2) is 0 Å². The van der Waals surface area contributed by atoms with Crippen molar-refractivity contribution in [1.29, 1.82) is 5.26 Å². The fourth-order valence-electron chi connectivity index (χ4n) is 2.63. The minimum atomic E-state index is 0.691. The van der Waals surface area contributed by atoms with Crippen LogP contribution < -0.4 is 0 Å². The summed E-state index contributed by atoms with van der Waals surface area (Å²) < 4.78 is 2.23. The lowest BCUT2D eigenvalue weighted by Crippen LogP contribution is -2.16. The quantitative estimate of drug-likeness (QED) is 0.742. The second-order valence-corrected chi connectivity index (χ2v) is 5.65. The molecule has 4 nitrogen and oxygen atoms in total. The fraction of sp³-hybridized carbons (Fsp3) is 0.222. The zero-order valence-corrected chi connectivity index (χ0v) is 12.8. The van der Waals surface area contributed by atoms with Crippen molar-refractivity contribution in [2.45, 2.75) is 13.1 Å². The SMILES string of the molecule is CN(C)Cc1nc2ccccc2n1Cc1cccc(C#N)c1. The maximum Gasteiger partial charge on any atom is 0.124 e. The van der Waals surface area contributed by atoms with Gasteiger partial charge < -0.3 is 9.47 Å². The molecule has 0 N–H and O–H groups in total. The third kappa shape index (κ3) is 2.85. The van der Waals surface area contributed by atoms with Crippen LogP contribution in [0, 0.1) is 11.3 Å². The van der Waals surface area contributed by atoms with Crippen LogP contribution in [0.4, 0.5) is 0 Å². The molecular weight excluding hydrogens is 272 g/mol. The van der Waals surface area contributed by atoms with Gasteiger partial charge in [0, 0.05) is 6.54 Å². The molecule has 1 aromatic heterocycles. The van der Waals surface area contributed by atoms with Crippen LogP contribution in [0.1, 0.15) is 17.0 Å². The van der Waals surface area contributed by atoms with Crippen LogP contribution in [0.15, 0.2) is 48.5 Å². The first kappa shape index (κ1) is 14.3. The topological polar surface area (TPSA) is 44.9 Å². The number of rotatable bonds is 4. The van der Waals surface area contributed by atoms with Gasteiger partial charge in [0.25, 0.3) is 0 Å². The molecule has 0 aliphatic carbocycles. The minimum Gasteiger partial charge on any atom is -0.322 e. The predicted molar refractivity (Wildman–Crippen MR) is 87.4 cm³/mol. The van der Waals surface area contributed by atoms with E-state index in [9.17, 15) is 0 Å². The molecule has 4 heteroatoms. The van der Waals surface area contributed by atoms with Crippen molar-refractivity contribution in [3.8, 4) is 6.07 Å². The lowest BCUT2D eigenvalue weighted by molar-refractivity contribution is 0.384. The van der Waals surface area contributed by atoms with Gasteiger partial charge in [-0.05, 0) is 43.9 Å². The van der Waals surface area contributed by atoms with Crippen molar-refractivity contribution in [2.24, 2.45) is 0 Å². The van der Waals surface area contributed by atoms with Crippen LogP contribution in [0.5, 0.6) is 0 Å². The Morgan fingerprint density at radius 2 is 1.95 bits per heavy atom. The van der Waals surface area contributed by atoms with Gasteiger partial charge in [-0.1, -0.05) is 24.3 Å². The Labute approximate surface area is 130 Å². The van der Waals surface area contributed by atoms with Gasteiger partial charge in [-0.15, -0.1) is 0 Å². The molecule has 3 aromatic rings. The van der Waals surface area contributed by atoms with E-state index in [-0.39, 0.29) is 0 Å². The molecule has 22 heavy (non-hydrogen) atoms. The highest BCUT2D eigenvalue weighted by atomic mass is 15.2. The second-order valence-electron chi connectivity index (χ2n) is 5.65. The highest BCUT2D eigenvalue weighted by Gasteiger charge is 2.11. The van der Waals surface area contributed by atoms with Gasteiger partial charge in [-0.2, -0.15) is 5.26 Å². The summed E-state index contributed by atoms with van der Waals surface area (Å²) in [6, 6.07) is 18.1. The summed E-state index contributed by atoms with van der Waals surface area (Å²) in [5.74, 6) is 1.04. The molecule has 0 aliphatic rings. The van der Waals surface area contributed by atoms with Gasteiger partial charge in [-0.25, -0.2) is 4.98 Å². The molecule has 0 aliphatic heterocycles. The summed E-state index contributed by atoms with van der Waals surface area (Å²) in [5.41, 5.74) is 3.94. The summed E-state index contributed by atoms with van der Waals surface area (Å²) in [6.45, 7) is 1.51. The number of hydrogen-bond acceptors (Lipinski definition) is 3. The van der Waals surface area contributed by atoms with Crippen LogP contribution in [0.3, 0.4) is 0 Å². The Morgan fingerprint density at radius 1 is 1.14 bits per heavy atom. The number of fused-ring (bicyclic) bond motifs is 1.